The predicted molar refractivity (Wildman–Crippen MR) is 84.6 cm³/mol. The summed E-state index contributed by atoms with van der Waals surface area (Å²) in [5.41, 5.74) is 8.95. The third kappa shape index (κ3) is 3.63. The van der Waals surface area contributed by atoms with E-state index in [4.69, 9.17) is 5.73 Å². The third-order valence-corrected chi connectivity index (χ3v) is 5.20. The summed E-state index contributed by atoms with van der Waals surface area (Å²) in [4.78, 5) is 0. The molecule has 1 aliphatic rings. The minimum Gasteiger partial charge on any atom is -0.327 e. The Bertz CT molecular complexity index is 414. The summed E-state index contributed by atoms with van der Waals surface area (Å²) in [5.74, 6) is 2.45. The van der Waals surface area contributed by atoms with E-state index < -0.39 is 0 Å². The molecule has 1 saturated carbocycles. The lowest BCUT2D eigenvalue weighted by atomic mass is 9.74. The van der Waals surface area contributed by atoms with Gasteiger partial charge in [-0.15, -0.1) is 0 Å². The molecule has 1 atom stereocenters. The van der Waals surface area contributed by atoms with Crippen LogP contribution in [-0.2, 0) is 19.9 Å². The second kappa shape index (κ2) is 6.75. The number of nitrogens with zero attached hydrogens (tertiary/aromatic N) is 2. The van der Waals surface area contributed by atoms with Gasteiger partial charge in [0.2, 0.25) is 0 Å². The molecule has 1 unspecified atom stereocenters. The van der Waals surface area contributed by atoms with E-state index >= 15 is 0 Å². The van der Waals surface area contributed by atoms with E-state index in [1.54, 1.807) is 0 Å². The van der Waals surface area contributed by atoms with Crippen LogP contribution in [0.5, 0.6) is 0 Å². The molecule has 1 aliphatic carbocycles. The number of hydrogen-bond donors (Lipinski definition) is 1. The largest absolute Gasteiger partial charge is 0.327 e. The highest BCUT2D eigenvalue weighted by atomic mass is 15.3. The van der Waals surface area contributed by atoms with Crippen LogP contribution in [-0.4, -0.2) is 15.8 Å². The van der Waals surface area contributed by atoms with E-state index in [1.807, 2.05) is 11.7 Å². The van der Waals surface area contributed by atoms with Crippen LogP contribution in [0.4, 0.5) is 0 Å². The van der Waals surface area contributed by atoms with Gasteiger partial charge in [-0.25, -0.2) is 0 Å². The highest BCUT2D eigenvalue weighted by Gasteiger charge is 2.27. The quantitative estimate of drug-likeness (QED) is 0.897. The lowest BCUT2D eigenvalue weighted by molar-refractivity contribution is 0.202. The van der Waals surface area contributed by atoms with Crippen LogP contribution in [0, 0.1) is 17.8 Å². The molecule has 1 aromatic rings. The first-order valence-electron chi connectivity index (χ1n) is 8.28. The predicted octanol–water partition coefficient (Wildman–Crippen LogP) is 3.31. The number of nitrogens with two attached hydrogens (primary N) is 1. The van der Waals surface area contributed by atoms with Crippen LogP contribution >= 0.6 is 0 Å². The number of hydrogen-bond acceptors (Lipinski definition) is 2. The zero-order chi connectivity index (χ0) is 14.7. The second-order valence-electron chi connectivity index (χ2n) is 6.89. The zero-order valence-electron chi connectivity index (χ0n) is 13.6. The average molecular weight is 277 g/mol. The van der Waals surface area contributed by atoms with Crippen molar-refractivity contribution in [2.45, 2.75) is 65.3 Å². The maximum atomic E-state index is 6.48. The normalized spacial score (nSPS) is 25.1. The van der Waals surface area contributed by atoms with Crippen molar-refractivity contribution in [2.24, 2.45) is 30.5 Å². The molecule has 0 bridgehead atoms. The zero-order valence-corrected chi connectivity index (χ0v) is 13.6. The molecule has 114 valence electrons. The first-order valence-corrected chi connectivity index (χ1v) is 8.28. The third-order valence-electron chi connectivity index (χ3n) is 5.20. The van der Waals surface area contributed by atoms with Crippen molar-refractivity contribution < 1.29 is 0 Å². The fourth-order valence-electron chi connectivity index (χ4n) is 3.58. The van der Waals surface area contributed by atoms with Gasteiger partial charge in [0, 0.05) is 25.2 Å². The molecule has 0 aliphatic heterocycles. The van der Waals surface area contributed by atoms with Crippen LogP contribution < -0.4 is 5.73 Å². The summed E-state index contributed by atoms with van der Waals surface area (Å²) in [6, 6.07) is 2.52. The standard InChI is InChI=1S/C17H31N3/c1-5-15-10-16(20(4)19-15)11-17(18)14-8-6-13(7-9-14)12(2)3/h10,12-14,17H,5-9,11,18H2,1-4H3. The van der Waals surface area contributed by atoms with Crippen molar-refractivity contribution in [1.29, 1.82) is 0 Å². The molecule has 1 heterocycles. The Balaban J connectivity index is 1.89. The molecular formula is C17H31N3. The Morgan fingerprint density at radius 1 is 1.25 bits per heavy atom. The number of aryl methyl sites for hydroxylation is 2. The second-order valence-corrected chi connectivity index (χ2v) is 6.89. The van der Waals surface area contributed by atoms with Crippen molar-refractivity contribution in [3.63, 3.8) is 0 Å². The van der Waals surface area contributed by atoms with Crippen molar-refractivity contribution >= 4 is 0 Å². The van der Waals surface area contributed by atoms with Gasteiger partial charge in [-0.1, -0.05) is 20.8 Å². The fraction of sp³-hybridized carbons (Fsp3) is 0.824. The van der Waals surface area contributed by atoms with Gasteiger partial charge in [-0.3, -0.25) is 4.68 Å². The fourth-order valence-corrected chi connectivity index (χ4v) is 3.58. The van der Waals surface area contributed by atoms with E-state index in [-0.39, 0.29) is 0 Å². The van der Waals surface area contributed by atoms with Crippen molar-refractivity contribution in [3.8, 4) is 0 Å². The smallest absolute Gasteiger partial charge is 0.0624 e. The van der Waals surface area contributed by atoms with Crippen molar-refractivity contribution in [3.05, 3.63) is 17.5 Å². The molecule has 2 N–H and O–H groups in total. The lowest BCUT2D eigenvalue weighted by Crippen LogP contribution is -2.36. The van der Waals surface area contributed by atoms with E-state index in [0.717, 1.165) is 24.7 Å². The van der Waals surface area contributed by atoms with Crippen LogP contribution in [0.25, 0.3) is 0 Å². The summed E-state index contributed by atoms with van der Waals surface area (Å²) in [6.45, 7) is 6.86. The van der Waals surface area contributed by atoms with Gasteiger partial charge in [0.1, 0.15) is 0 Å². The van der Waals surface area contributed by atoms with Gasteiger partial charge in [0.25, 0.3) is 0 Å². The van der Waals surface area contributed by atoms with Gasteiger partial charge in [0.15, 0.2) is 0 Å². The first kappa shape index (κ1) is 15.6. The maximum Gasteiger partial charge on any atom is 0.0624 e. The van der Waals surface area contributed by atoms with Gasteiger partial charge in [0.05, 0.1) is 5.69 Å². The van der Waals surface area contributed by atoms with E-state index in [0.29, 0.717) is 12.0 Å². The van der Waals surface area contributed by atoms with E-state index in [9.17, 15) is 0 Å². The minimum atomic E-state index is 0.295. The van der Waals surface area contributed by atoms with Gasteiger partial charge in [-0.2, -0.15) is 5.10 Å². The van der Waals surface area contributed by atoms with Gasteiger partial charge < -0.3 is 5.73 Å². The van der Waals surface area contributed by atoms with E-state index in [2.05, 4.69) is 31.9 Å². The Morgan fingerprint density at radius 3 is 2.35 bits per heavy atom. The van der Waals surface area contributed by atoms with E-state index in [1.165, 1.54) is 37.1 Å². The topological polar surface area (TPSA) is 43.8 Å². The van der Waals surface area contributed by atoms with Crippen LogP contribution in [0.15, 0.2) is 6.07 Å². The van der Waals surface area contributed by atoms with Crippen LogP contribution in [0.3, 0.4) is 0 Å². The molecule has 2 rings (SSSR count). The summed E-state index contributed by atoms with van der Waals surface area (Å²) in [7, 11) is 2.04. The Hall–Kier alpha value is -0.830. The van der Waals surface area contributed by atoms with Crippen LogP contribution in [0.2, 0.25) is 0 Å². The molecule has 1 fully saturated rings. The molecule has 0 radical (unpaired) electrons. The van der Waals surface area contributed by atoms with Gasteiger partial charge >= 0.3 is 0 Å². The highest BCUT2D eigenvalue weighted by molar-refractivity contribution is 5.11. The maximum absolute atomic E-state index is 6.48. The first-order chi connectivity index (χ1) is 9.51. The Morgan fingerprint density at radius 2 is 1.85 bits per heavy atom. The number of aromatic nitrogens is 2. The van der Waals surface area contributed by atoms with Crippen molar-refractivity contribution in [1.82, 2.24) is 9.78 Å². The molecular weight excluding hydrogens is 246 g/mol. The molecule has 3 heteroatoms. The molecule has 0 saturated heterocycles. The number of rotatable bonds is 5. The average Bonchev–Trinajstić information content (AvgIpc) is 2.79. The molecule has 20 heavy (non-hydrogen) atoms. The van der Waals surface area contributed by atoms with Gasteiger partial charge in [-0.05, 0) is 55.9 Å². The molecule has 1 aromatic heterocycles. The monoisotopic (exact) mass is 277 g/mol. The van der Waals surface area contributed by atoms with Crippen LogP contribution in [0.1, 0.15) is 57.8 Å². The summed E-state index contributed by atoms with van der Waals surface area (Å²) in [5, 5.41) is 4.52. The molecule has 3 nitrogen and oxygen atoms in total. The summed E-state index contributed by atoms with van der Waals surface area (Å²) < 4.78 is 2.01. The lowest BCUT2D eigenvalue weighted by Gasteiger charge is -2.34. The highest BCUT2D eigenvalue weighted by Crippen LogP contribution is 2.34. The minimum absolute atomic E-state index is 0.295. The molecule has 0 amide bonds. The summed E-state index contributed by atoms with van der Waals surface area (Å²) in [6.07, 6.45) is 7.32. The SMILES string of the molecule is CCc1cc(CC(N)C2CCC(C(C)C)CC2)n(C)n1. The Labute approximate surface area is 123 Å². The van der Waals surface area contributed by atoms with Crippen molar-refractivity contribution in [2.75, 3.05) is 0 Å². The Kier molecular flexibility index (Phi) is 5.25. The molecule has 0 aromatic carbocycles. The summed E-state index contributed by atoms with van der Waals surface area (Å²) >= 11 is 0. The molecule has 0 spiro atoms.